The van der Waals surface area contributed by atoms with Gasteiger partial charge < -0.3 is 5.73 Å². The van der Waals surface area contributed by atoms with E-state index in [9.17, 15) is 4.79 Å². The minimum absolute atomic E-state index is 0.0766. The first-order valence-electron chi connectivity index (χ1n) is 6.77. The Labute approximate surface area is 131 Å². The summed E-state index contributed by atoms with van der Waals surface area (Å²) in [5.41, 5.74) is 7.77. The number of rotatable bonds is 4. The Bertz CT molecular complexity index is 823. The van der Waals surface area contributed by atoms with Crippen LogP contribution in [0.15, 0.2) is 29.6 Å². The van der Waals surface area contributed by atoms with E-state index in [1.807, 2.05) is 37.4 Å². The third-order valence-corrected chi connectivity index (χ3v) is 3.95. The number of aromatic nitrogens is 4. The van der Waals surface area contributed by atoms with E-state index in [1.165, 1.54) is 0 Å². The van der Waals surface area contributed by atoms with Gasteiger partial charge in [-0.25, -0.2) is 14.6 Å². The van der Waals surface area contributed by atoms with Gasteiger partial charge in [0.2, 0.25) is 5.91 Å². The van der Waals surface area contributed by atoms with Gasteiger partial charge in [0.05, 0.1) is 22.7 Å². The lowest BCUT2D eigenvalue weighted by molar-refractivity contribution is -0.117. The molecule has 0 aliphatic rings. The van der Waals surface area contributed by atoms with Crippen LogP contribution in [-0.2, 0) is 11.2 Å². The van der Waals surface area contributed by atoms with Crippen LogP contribution in [0.1, 0.15) is 17.1 Å². The fraction of sp³-hybridized carbons (Fsp3) is 0.200. The van der Waals surface area contributed by atoms with Crippen molar-refractivity contribution in [1.82, 2.24) is 19.7 Å². The minimum Gasteiger partial charge on any atom is -0.369 e. The third-order valence-electron chi connectivity index (χ3n) is 3.09. The van der Waals surface area contributed by atoms with Gasteiger partial charge in [-0.1, -0.05) is 6.07 Å². The van der Waals surface area contributed by atoms with Gasteiger partial charge in [-0.3, -0.25) is 4.79 Å². The average Bonchev–Trinajstić information content (AvgIpc) is 3.07. The Hall–Kier alpha value is -2.54. The SMILES string of the molecule is Cc1cc(C)n(-c2cc(CC(N)=O)nc(-c3cccs3)n2)n1. The van der Waals surface area contributed by atoms with E-state index < -0.39 is 5.91 Å². The highest BCUT2D eigenvalue weighted by atomic mass is 32.1. The van der Waals surface area contributed by atoms with Crippen molar-refractivity contribution in [2.24, 2.45) is 5.73 Å². The van der Waals surface area contributed by atoms with E-state index in [-0.39, 0.29) is 6.42 Å². The largest absolute Gasteiger partial charge is 0.369 e. The highest BCUT2D eigenvalue weighted by molar-refractivity contribution is 7.13. The number of amides is 1. The number of hydrogen-bond acceptors (Lipinski definition) is 5. The molecule has 0 bridgehead atoms. The van der Waals surface area contributed by atoms with Crippen molar-refractivity contribution in [2.45, 2.75) is 20.3 Å². The first-order chi connectivity index (χ1) is 10.5. The summed E-state index contributed by atoms with van der Waals surface area (Å²) in [5, 5.41) is 6.40. The zero-order valence-corrected chi connectivity index (χ0v) is 13.1. The van der Waals surface area contributed by atoms with Gasteiger partial charge >= 0.3 is 0 Å². The van der Waals surface area contributed by atoms with Crippen LogP contribution in [0.25, 0.3) is 16.5 Å². The molecule has 6 nitrogen and oxygen atoms in total. The third kappa shape index (κ3) is 2.89. The van der Waals surface area contributed by atoms with Crippen LogP contribution >= 0.6 is 11.3 Å². The molecule has 7 heteroatoms. The minimum atomic E-state index is -0.421. The molecule has 3 rings (SSSR count). The summed E-state index contributed by atoms with van der Waals surface area (Å²) in [6, 6.07) is 7.61. The van der Waals surface area contributed by atoms with Crippen molar-refractivity contribution in [1.29, 1.82) is 0 Å². The molecule has 0 saturated carbocycles. The monoisotopic (exact) mass is 313 g/mol. The number of nitrogens with zero attached hydrogens (tertiary/aromatic N) is 4. The summed E-state index contributed by atoms with van der Waals surface area (Å²) in [6.07, 6.45) is 0.0766. The summed E-state index contributed by atoms with van der Waals surface area (Å²) in [5.74, 6) is 0.798. The van der Waals surface area contributed by atoms with Crippen LogP contribution in [0, 0.1) is 13.8 Å². The molecule has 2 N–H and O–H groups in total. The number of hydrogen-bond donors (Lipinski definition) is 1. The van der Waals surface area contributed by atoms with Crippen LogP contribution < -0.4 is 5.73 Å². The summed E-state index contributed by atoms with van der Waals surface area (Å²) in [4.78, 5) is 21.2. The average molecular weight is 313 g/mol. The molecular weight excluding hydrogens is 298 g/mol. The lowest BCUT2D eigenvalue weighted by atomic mass is 10.2. The maximum Gasteiger partial charge on any atom is 0.223 e. The summed E-state index contributed by atoms with van der Waals surface area (Å²) >= 11 is 1.55. The zero-order chi connectivity index (χ0) is 15.7. The molecule has 0 spiro atoms. The first-order valence-corrected chi connectivity index (χ1v) is 7.64. The van der Waals surface area contributed by atoms with Crippen molar-refractivity contribution in [3.8, 4) is 16.5 Å². The van der Waals surface area contributed by atoms with Gasteiger partial charge in [0.25, 0.3) is 0 Å². The van der Waals surface area contributed by atoms with Crippen molar-refractivity contribution in [3.05, 3.63) is 46.7 Å². The van der Waals surface area contributed by atoms with Crippen molar-refractivity contribution >= 4 is 17.2 Å². The van der Waals surface area contributed by atoms with Crippen LogP contribution in [-0.4, -0.2) is 25.7 Å². The quantitative estimate of drug-likeness (QED) is 0.798. The van der Waals surface area contributed by atoms with E-state index in [1.54, 1.807) is 22.1 Å². The number of thiophene rings is 1. The molecule has 0 saturated heterocycles. The number of carbonyl (C=O) groups is 1. The molecule has 1 amide bonds. The highest BCUT2D eigenvalue weighted by Crippen LogP contribution is 2.23. The Morgan fingerprint density at radius 3 is 2.73 bits per heavy atom. The molecule has 3 aromatic heterocycles. The predicted octanol–water partition coefficient (Wildman–Crippen LogP) is 2.04. The molecule has 3 heterocycles. The predicted molar refractivity (Wildman–Crippen MR) is 84.8 cm³/mol. The second kappa shape index (κ2) is 5.69. The molecular formula is C15H15N5OS. The van der Waals surface area contributed by atoms with Crippen LogP contribution in [0.4, 0.5) is 0 Å². The highest BCUT2D eigenvalue weighted by Gasteiger charge is 2.13. The van der Waals surface area contributed by atoms with E-state index in [4.69, 9.17) is 5.73 Å². The van der Waals surface area contributed by atoms with E-state index in [2.05, 4.69) is 15.1 Å². The van der Waals surface area contributed by atoms with Crippen molar-refractivity contribution in [3.63, 3.8) is 0 Å². The molecule has 3 aromatic rings. The fourth-order valence-corrected chi connectivity index (χ4v) is 2.90. The lowest BCUT2D eigenvalue weighted by Crippen LogP contribution is -2.16. The number of aryl methyl sites for hydroxylation is 2. The maximum absolute atomic E-state index is 11.2. The van der Waals surface area contributed by atoms with Gasteiger partial charge in [-0.15, -0.1) is 11.3 Å². The summed E-state index contributed by atoms with van der Waals surface area (Å²) in [6.45, 7) is 3.88. The van der Waals surface area contributed by atoms with Crippen molar-refractivity contribution < 1.29 is 4.79 Å². The molecule has 112 valence electrons. The smallest absolute Gasteiger partial charge is 0.223 e. The standard InChI is InChI=1S/C15H15N5OS/c1-9-6-10(2)20(19-9)14-8-11(7-13(16)21)17-15(18-14)12-4-3-5-22-12/h3-6,8H,7H2,1-2H3,(H2,16,21). The van der Waals surface area contributed by atoms with Crippen LogP contribution in [0.3, 0.4) is 0 Å². The molecule has 0 aromatic carbocycles. The molecule has 0 aliphatic heterocycles. The van der Waals surface area contributed by atoms with E-state index in [0.717, 1.165) is 16.3 Å². The van der Waals surface area contributed by atoms with Gasteiger partial charge in [0.1, 0.15) is 0 Å². The molecule has 0 atom stereocenters. The molecule has 0 aliphatic carbocycles. The van der Waals surface area contributed by atoms with E-state index >= 15 is 0 Å². The van der Waals surface area contributed by atoms with Gasteiger partial charge in [-0.05, 0) is 31.4 Å². The lowest BCUT2D eigenvalue weighted by Gasteiger charge is -2.08. The van der Waals surface area contributed by atoms with Crippen LogP contribution in [0.5, 0.6) is 0 Å². The summed E-state index contributed by atoms with van der Waals surface area (Å²) in [7, 11) is 0. The maximum atomic E-state index is 11.2. The van der Waals surface area contributed by atoms with E-state index in [0.29, 0.717) is 17.3 Å². The van der Waals surface area contributed by atoms with Crippen molar-refractivity contribution in [2.75, 3.05) is 0 Å². The Morgan fingerprint density at radius 1 is 1.32 bits per heavy atom. The molecule has 0 unspecified atom stereocenters. The Kier molecular flexibility index (Phi) is 3.72. The topological polar surface area (TPSA) is 86.7 Å². The van der Waals surface area contributed by atoms with Gasteiger partial charge in [0.15, 0.2) is 11.6 Å². The molecule has 0 radical (unpaired) electrons. The fourth-order valence-electron chi connectivity index (χ4n) is 2.24. The zero-order valence-electron chi connectivity index (χ0n) is 12.3. The van der Waals surface area contributed by atoms with Gasteiger partial charge in [-0.2, -0.15) is 5.10 Å². The molecule has 22 heavy (non-hydrogen) atoms. The Balaban J connectivity index is 2.14. The number of carbonyl (C=O) groups excluding carboxylic acids is 1. The second-order valence-corrected chi connectivity index (χ2v) is 5.95. The first kappa shape index (κ1) is 14.4. The molecule has 0 fully saturated rings. The number of nitrogens with two attached hydrogens (primary N) is 1. The van der Waals surface area contributed by atoms with Gasteiger partial charge in [0, 0.05) is 11.8 Å². The number of primary amides is 1. The normalized spacial score (nSPS) is 10.8. The Morgan fingerprint density at radius 2 is 2.14 bits per heavy atom. The second-order valence-electron chi connectivity index (χ2n) is 5.00. The summed E-state index contributed by atoms with van der Waals surface area (Å²) < 4.78 is 1.75. The van der Waals surface area contributed by atoms with Crippen LogP contribution in [0.2, 0.25) is 0 Å².